The number of fused-ring (bicyclic) bond motifs is 8. The maximum Gasteiger partial charge on any atom is 0.145 e. The number of rotatable bonds is 4. The summed E-state index contributed by atoms with van der Waals surface area (Å²) < 4.78 is 9.32. The van der Waals surface area contributed by atoms with Gasteiger partial charge in [0.05, 0.1) is 27.6 Å². The van der Waals surface area contributed by atoms with E-state index in [9.17, 15) is 0 Å². The Morgan fingerprint density at radius 1 is 0.625 bits per heavy atom. The number of para-hydroxylation sites is 1. The van der Waals surface area contributed by atoms with Gasteiger partial charge >= 0.3 is 0 Å². The fourth-order valence-electron chi connectivity index (χ4n) is 7.44. The first-order valence-electron chi connectivity index (χ1n) is 16.4. The molecular weight excluding hydrogens is 587 g/mol. The molecule has 3 aromatic heterocycles. The number of pyridine rings is 1. The molecule has 1 aliphatic heterocycles. The predicted molar refractivity (Wildman–Crippen MR) is 200 cm³/mol. The second-order valence-corrected chi connectivity index (χ2v) is 12.4. The van der Waals surface area contributed by atoms with Crippen LogP contribution in [-0.2, 0) is 0 Å². The molecule has 4 heterocycles. The van der Waals surface area contributed by atoms with E-state index in [4.69, 9.17) is 9.40 Å². The predicted octanol–water partition coefficient (Wildman–Crippen LogP) is 11.5. The van der Waals surface area contributed by atoms with Gasteiger partial charge in [0, 0.05) is 51.3 Å². The van der Waals surface area contributed by atoms with E-state index in [1.807, 2.05) is 12.3 Å². The lowest BCUT2D eigenvalue weighted by molar-refractivity contribution is 0.636. The number of furan rings is 1. The molecule has 48 heavy (non-hydrogen) atoms. The Bertz CT molecular complexity index is 2720. The van der Waals surface area contributed by atoms with Crippen LogP contribution in [0.3, 0.4) is 0 Å². The molecule has 0 unspecified atom stereocenters. The first kappa shape index (κ1) is 26.8. The first-order chi connectivity index (χ1) is 23.8. The molecule has 0 saturated heterocycles. The van der Waals surface area contributed by atoms with Crippen molar-refractivity contribution in [2.24, 2.45) is 0 Å². The highest BCUT2D eigenvalue weighted by Gasteiger charge is 2.23. The van der Waals surface area contributed by atoms with Crippen LogP contribution in [0, 0.1) is 0 Å². The maximum atomic E-state index is 6.95. The van der Waals surface area contributed by atoms with E-state index in [0.717, 1.165) is 95.2 Å². The fraction of sp³-hybridized carbons (Fsp3) is 0.0227. The van der Waals surface area contributed by atoms with E-state index in [2.05, 4.69) is 155 Å². The van der Waals surface area contributed by atoms with Crippen LogP contribution in [0.2, 0.25) is 0 Å². The summed E-state index contributed by atoms with van der Waals surface area (Å²) in [5.41, 5.74) is 13.1. The molecule has 9 aromatic rings. The number of benzene rings is 6. The van der Waals surface area contributed by atoms with Crippen LogP contribution in [-0.4, -0.2) is 16.1 Å². The van der Waals surface area contributed by atoms with Gasteiger partial charge in [-0.2, -0.15) is 0 Å². The third kappa shape index (κ3) is 4.06. The van der Waals surface area contributed by atoms with Crippen LogP contribution >= 0.6 is 0 Å². The number of hydrogen-bond acceptors (Lipinski definition) is 3. The molecule has 4 heteroatoms. The van der Waals surface area contributed by atoms with Gasteiger partial charge in [0.15, 0.2) is 0 Å². The van der Waals surface area contributed by atoms with E-state index in [0.29, 0.717) is 0 Å². The van der Waals surface area contributed by atoms with Crippen molar-refractivity contribution in [2.75, 3.05) is 11.9 Å². The van der Waals surface area contributed by atoms with Crippen molar-refractivity contribution in [1.29, 1.82) is 0 Å². The van der Waals surface area contributed by atoms with Crippen molar-refractivity contribution in [1.82, 2.24) is 9.55 Å². The minimum Gasteiger partial charge on any atom is -0.455 e. The molecule has 0 bridgehead atoms. The van der Waals surface area contributed by atoms with Crippen LogP contribution in [0.15, 0.2) is 156 Å². The van der Waals surface area contributed by atoms with Crippen LogP contribution in [0.5, 0.6) is 0 Å². The lowest BCUT2D eigenvalue weighted by Crippen LogP contribution is -2.05. The molecule has 4 nitrogen and oxygen atoms in total. The quantitative estimate of drug-likeness (QED) is 0.214. The fourth-order valence-corrected chi connectivity index (χ4v) is 7.44. The summed E-state index contributed by atoms with van der Waals surface area (Å²) >= 11 is 0. The zero-order chi connectivity index (χ0) is 31.6. The van der Waals surface area contributed by atoms with Crippen LogP contribution < -0.4 is 5.32 Å². The summed E-state index contributed by atoms with van der Waals surface area (Å²) in [7, 11) is 0. The van der Waals surface area contributed by atoms with Crippen LogP contribution in [0.4, 0.5) is 5.69 Å². The second-order valence-electron chi connectivity index (χ2n) is 12.4. The maximum absolute atomic E-state index is 6.95. The van der Waals surface area contributed by atoms with Gasteiger partial charge in [-0.05, 0) is 53.1 Å². The van der Waals surface area contributed by atoms with Gasteiger partial charge in [-0.3, -0.25) is 4.98 Å². The smallest absolute Gasteiger partial charge is 0.145 e. The SMILES string of the molecule is C1=Cc2ccc3cc(-c4cccc(-n5c6ccccc6c6c7oc(-c8ccccc8)c(-c8ccccc8)c7ccc65)c4)cnc3c2NC1. The molecule has 1 N–H and O–H groups in total. The Kier molecular flexibility index (Phi) is 5.90. The second kappa shape index (κ2) is 10.6. The van der Waals surface area contributed by atoms with E-state index in [-0.39, 0.29) is 0 Å². The Morgan fingerprint density at radius 3 is 2.29 bits per heavy atom. The summed E-state index contributed by atoms with van der Waals surface area (Å²) in [6.45, 7) is 0.821. The van der Waals surface area contributed by atoms with Gasteiger partial charge in [0.1, 0.15) is 11.3 Å². The van der Waals surface area contributed by atoms with E-state index < -0.39 is 0 Å². The van der Waals surface area contributed by atoms with Crippen molar-refractivity contribution >= 4 is 55.4 Å². The Morgan fingerprint density at radius 2 is 1.42 bits per heavy atom. The Labute approximate surface area is 277 Å². The molecule has 10 rings (SSSR count). The minimum absolute atomic E-state index is 0.821. The van der Waals surface area contributed by atoms with Crippen molar-refractivity contribution in [3.8, 4) is 39.3 Å². The van der Waals surface area contributed by atoms with Gasteiger partial charge in [0.2, 0.25) is 0 Å². The number of nitrogens with one attached hydrogen (secondary N) is 1. The minimum atomic E-state index is 0.821. The highest BCUT2D eigenvalue weighted by atomic mass is 16.3. The largest absolute Gasteiger partial charge is 0.455 e. The summed E-state index contributed by atoms with van der Waals surface area (Å²) in [6, 6.07) is 49.5. The summed E-state index contributed by atoms with van der Waals surface area (Å²) in [4.78, 5) is 4.94. The van der Waals surface area contributed by atoms with Gasteiger partial charge in [-0.15, -0.1) is 0 Å². The highest BCUT2D eigenvalue weighted by molar-refractivity contribution is 6.22. The standard InChI is InChI=1S/C44H29N3O/c1-3-11-28(12-4-1)39-36-22-23-38-40(44(36)48-43(39)30-13-5-2-6-14-30)35-18-7-8-19-37(35)47(38)34-17-9-15-31(26-34)33-25-32-21-20-29-16-10-24-45-41(29)42(32)46-27-33/h1-23,25-27,45H,24H2. The molecule has 0 spiro atoms. The summed E-state index contributed by atoms with van der Waals surface area (Å²) in [5.74, 6) is 0.888. The van der Waals surface area contributed by atoms with Crippen LogP contribution in [0.1, 0.15) is 5.56 Å². The number of hydrogen-bond donors (Lipinski definition) is 1. The lowest BCUT2D eigenvalue weighted by Gasteiger charge is -2.16. The van der Waals surface area contributed by atoms with E-state index in [1.54, 1.807) is 0 Å². The average Bonchev–Trinajstić information content (AvgIpc) is 3.72. The zero-order valence-electron chi connectivity index (χ0n) is 26.0. The molecule has 0 atom stereocenters. The Hall–Kier alpha value is -6.39. The average molecular weight is 616 g/mol. The third-order valence-electron chi connectivity index (χ3n) is 9.61. The summed E-state index contributed by atoms with van der Waals surface area (Å²) in [5, 5.41) is 8.02. The van der Waals surface area contributed by atoms with Crippen molar-refractivity contribution in [3.63, 3.8) is 0 Å². The molecule has 0 amide bonds. The molecule has 6 aromatic carbocycles. The van der Waals surface area contributed by atoms with Crippen molar-refractivity contribution in [2.45, 2.75) is 0 Å². The van der Waals surface area contributed by atoms with Gasteiger partial charge in [-0.25, -0.2) is 0 Å². The number of nitrogens with zero attached hydrogens (tertiary/aromatic N) is 2. The summed E-state index contributed by atoms with van der Waals surface area (Å²) in [6.07, 6.45) is 6.30. The monoisotopic (exact) mass is 615 g/mol. The highest BCUT2D eigenvalue weighted by Crippen LogP contribution is 2.46. The molecule has 0 radical (unpaired) electrons. The molecular formula is C44H29N3O. The first-order valence-corrected chi connectivity index (χ1v) is 16.4. The molecule has 0 fully saturated rings. The zero-order valence-corrected chi connectivity index (χ0v) is 26.0. The Balaban J connectivity index is 1.19. The van der Waals surface area contributed by atoms with Crippen LogP contribution in [0.25, 0.3) is 89.0 Å². The van der Waals surface area contributed by atoms with Gasteiger partial charge in [0.25, 0.3) is 0 Å². The van der Waals surface area contributed by atoms with Gasteiger partial charge < -0.3 is 14.3 Å². The molecule has 226 valence electrons. The normalized spacial score (nSPS) is 12.6. The lowest BCUT2D eigenvalue weighted by atomic mass is 9.98. The number of aromatic nitrogens is 2. The molecule has 0 saturated carbocycles. The van der Waals surface area contributed by atoms with Crippen molar-refractivity contribution < 1.29 is 4.42 Å². The van der Waals surface area contributed by atoms with Gasteiger partial charge in [-0.1, -0.05) is 115 Å². The third-order valence-corrected chi connectivity index (χ3v) is 9.61. The van der Waals surface area contributed by atoms with E-state index >= 15 is 0 Å². The van der Waals surface area contributed by atoms with Crippen molar-refractivity contribution in [3.05, 3.63) is 157 Å². The topological polar surface area (TPSA) is 43.0 Å². The molecule has 1 aliphatic rings. The van der Waals surface area contributed by atoms with E-state index in [1.165, 1.54) is 5.56 Å². The molecule has 0 aliphatic carbocycles. The number of anilines is 1.